The number of carbonyl (C=O) groups excluding carboxylic acids is 3. The van der Waals surface area contributed by atoms with Crippen molar-refractivity contribution < 1.29 is 34.8 Å². The van der Waals surface area contributed by atoms with Crippen LogP contribution in [0.25, 0.3) is 5.76 Å². The van der Waals surface area contributed by atoms with Gasteiger partial charge in [-0.05, 0) is 54.7 Å². The highest BCUT2D eigenvalue weighted by atomic mass is 16.3. The molecule has 5 rings (SSSR count). The van der Waals surface area contributed by atoms with Crippen molar-refractivity contribution in [1.29, 1.82) is 0 Å². The molecular formula is C29H27N3O7. The van der Waals surface area contributed by atoms with Crippen LogP contribution < -0.4 is 16.4 Å². The van der Waals surface area contributed by atoms with Crippen LogP contribution in [0.3, 0.4) is 0 Å². The molecule has 1 fully saturated rings. The molecule has 8 N–H and O–H groups in total. The third-order valence-corrected chi connectivity index (χ3v) is 7.77. The number of aliphatic hydroxyl groups excluding tert-OH is 2. The van der Waals surface area contributed by atoms with Crippen molar-refractivity contribution in [3.63, 3.8) is 0 Å². The highest BCUT2D eigenvalue weighted by Gasteiger charge is 2.60. The van der Waals surface area contributed by atoms with Gasteiger partial charge >= 0.3 is 0 Å². The molecule has 10 heteroatoms. The molecule has 3 atom stereocenters. The summed E-state index contributed by atoms with van der Waals surface area (Å²) in [6, 6.07) is 8.52. The fraction of sp³-hybridized carbons (Fsp3) is 0.276. The van der Waals surface area contributed by atoms with Crippen molar-refractivity contribution in [2.45, 2.75) is 24.9 Å². The fourth-order valence-corrected chi connectivity index (χ4v) is 5.87. The first-order valence-electron chi connectivity index (χ1n) is 12.3. The van der Waals surface area contributed by atoms with Crippen molar-refractivity contribution in [2.24, 2.45) is 17.6 Å². The maximum absolute atomic E-state index is 13.7. The van der Waals surface area contributed by atoms with Gasteiger partial charge in [0.25, 0.3) is 5.91 Å². The number of anilines is 2. The number of aromatic hydroxyl groups is 1. The summed E-state index contributed by atoms with van der Waals surface area (Å²) >= 11 is 0. The zero-order valence-corrected chi connectivity index (χ0v) is 21.3. The first kappa shape index (κ1) is 25.9. The molecule has 0 spiro atoms. The van der Waals surface area contributed by atoms with Gasteiger partial charge < -0.3 is 36.8 Å². The van der Waals surface area contributed by atoms with Crippen LogP contribution in [0.1, 0.15) is 35.1 Å². The predicted octanol–water partition coefficient (Wildman–Crippen LogP) is 1.47. The summed E-state index contributed by atoms with van der Waals surface area (Å²) in [7, 11) is 3.58. The summed E-state index contributed by atoms with van der Waals surface area (Å²) in [6.45, 7) is 0. The van der Waals surface area contributed by atoms with E-state index in [4.69, 9.17) is 11.5 Å². The summed E-state index contributed by atoms with van der Waals surface area (Å²) in [6.07, 6.45) is -0.0935. The second-order valence-corrected chi connectivity index (χ2v) is 10.3. The predicted molar refractivity (Wildman–Crippen MR) is 143 cm³/mol. The lowest BCUT2D eigenvalue weighted by Crippen LogP contribution is -2.58. The lowest BCUT2D eigenvalue weighted by atomic mass is 9.59. The Balaban J connectivity index is 1.69. The van der Waals surface area contributed by atoms with Gasteiger partial charge in [-0.1, -0.05) is 11.8 Å². The number of rotatable bonds is 2. The molecule has 0 aromatic heterocycles. The molecule has 200 valence electrons. The number of primary amides is 1. The van der Waals surface area contributed by atoms with Crippen LogP contribution in [0.5, 0.6) is 5.75 Å². The average Bonchev–Trinajstić information content (AvgIpc) is 2.86. The van der Waals surface area contributed by atoms with Gasteiger partial charge in [-0.25, -0.2) is 0 Å². The van der Waals surface area contributed by atoms with Crippen LogP contribution in [0.15, 0.2) is 47.2 Å². The molecule has 0 radical (unpaired) electrons. The van der Waals surface area contributed by atoms with Crippen molar-refractivity contribution in [1.82, 2.24) is 0 Å². The van der Waals surface area contributed by atoms with E-state index in [-0.39, 0.29) is 41.7 Å². The van der Waals surface area contributed by atoms with Crippen molar-refractivity contribution in [2.75, 3.05) is 24.7 Å². The number of nitrogens with zero attached hydrogens (tertiary/aromatic N) is 1. The van der Waals surface area contributed by atoms with E-state index in [2.05, 4.69) is 11.8 Å². The lowest BCUT2D eigenvalue weighted by molar-refractivity contribution is -0.147. The van der Waals surface area contributed by atoms with Gasteiger partial charge in [0.2, 0.25) is 5.78 Å². The summed E-state index contributed by atoms with van der Waals surface area (Å²) < 4.78 is 0. The van der Waals surface area contributed by atoms with Gasteiger partial charge in [-0.15, -0.1) is 0 Å². The van der Waals surface area contributed by atoms with E-state index >= 15 is 0 Å². The fourth-order valence-electron chi connectivity index (χ4n) is 5.87. The number of nitrogen functional groups attached to an aromatic ring is 1. The SMILES string of the molecule is CN(C)c1cc(C#Cc2ccc(N)cc2)c(O)c2c1C[C@H]1C[C@H]3CC(=O)C(C(N)=O)=C(O)[C@@]3(O)C(=O)C1=C2O. The van der Waals surface area contributed by atoms with E-state index < -0.39 is 52.0 Å². The Morgan fingerprint density at radius 3 is 2.36 bits per heavy atom. The number of fused-ring (bicyclic) bond motifs is 3. The van der Waals surface area contributed by atoms with Gasteiger partial charge in [0.05, 0.1) is 11.1 Å². The molecule has 0 saturated heterocycles. The van der Waals surface area contributed by atoms with E-state index in [0.717, 1.165) is 0 Å². The molecule has 2 aromatic carbocycles. The third kappa shape index (κ3) is 3.82. The Morgan fingerprint density at radius 1 is 1.08 bits per heavy atom. The number of aliphatic hydroxyl groups is 3. The highest BCUT2D eigenvalue weighted by molar-refractivity contribution is 6.22. The second-order valence-electron chi connectivity index (χ2n) is 10.3. The number of benzene rings is 2. The van der Waals surface area contributed by atoms with Crippen LogP contribution >= 0.6 is 0 Å². The van der Waals surface area contributed by atoms with Gasteiger partial charge in [0, 0.05) is 48.9 Å². The Hall–Kier alpha value is -4.75. The van der Waals surface area contributed by atoms with E-state index in [1.54, 1.807) is 49.3 Å². The topological polar surface area (TPSA) is 187 Å². The van der Waals surface area contributed by atoms with Crippen LogP contribution in [0.4, 0.5) is 11.4 Å². The molecule has 2 aromatic rings. The molecule has 0 heterocycles. The van der Waals surface area contributed by atoms with Crippen molar-refractivity contribution in [3.8, 4) is 17.6 Å². The maximum atomic E-state index is 13.7. The molecule has 10 nitrogen and oxygen atoms in total. The minimum Gasteiger partial charge on any atom is -0.508 e. The Bertz CT molecular complexity index is 1590. The van der Waals surface area contributed by atoms with E-state index in [9.17, 15) is 34.8 Å². The van der Waals surface area contributed by atoms with Crippen molar-refractivity contribution >= 4 is 34.6 Å². The van der Waals surface area contributed by atoms with Crippen LogP contribution in [0, 0.1) is 23.7 Å². The Labute approximate surface area is 223 Å². The summed E-state index contributed by atoms with van der Waals surface area (Å²) in [5.74, 6) is -0.849. The molecule has 0 unspecified atom stereocenters. The number of phenols is 1. The largest absolute Gasteiger partial charge is 0.508 e. The molecule has 39 heavy (non-hydrogen) atoms. The summed E-state index contributed by atoms with van der Waals surface area (Å²) in [4.78, 5) is 39.8. The first-order valence-corrected chi connectivity index (χ1v) is 12.3. The van der Waals surface area contributed by atoms with Gasteiger partial charge in [0.15, 0.2) is 11.4 Å². The lowest BCUT2D eigenvalue weighted by Gasteiger charge is -2.46. The zero-order chi connectivity index (χ0) is 28.4. The normalized spacial score (nSPS) is 23.9. The number of hydrogen-bond donors (Lipinski definition) is 6. The smallest absolute Gasteiger partial charge is 0.255 e. The van der Waals surface area contributed by atoms with E-state index in [1.807, 2.05) is 0 Å². The monoisotopic (exact) mass is 529 g/mol. The first-order chi connectivity index (χ1) is 18.4. The molecule has 0 bridgehead atoms. The van der Waals surface area contributed by atoms with Crippen molar-refractivity contribution in [3.05, 3.63) is 69.5 Å². The highest BCUT2D eigenvalue weighted by Crippen LogP contribution is 2.53. The number of phenolic OH excluding ortho intramolecular Hbond substituents is 1. The number of amides is 1. The molecule has 1 saturated carbocycles. The number of carbonyl (C=O) groups is 3. The number of nitrogens with two attached hydrogens (primary N) is 2. The Kier molecular flexibility index (Phi) is 5.92. The number of hydrogen-bond acceptors (Lipinski definition) is 9. The summed E-state index contributed by atoms with van der Waals surface area (Å²) in [5.41, 5.74) is 9.96. The average molecular weight is 530 g/mol. The third-order valence-electron chi connectivity index (χ3n) is 7.77. The van der Waals surface area contributed by atoms with Gasteiger partial charge in [-0.3, -0.25) is 14.4 Å². The minimum absolute atomic E-state index is 0.00469. The second kappa shape index (κ2) is 8.92. The maximum Gasteiger partial charge on any atom is 0.255 e. The zero-order valence-electron chi connectivity index (χ0n) is 21.3. The van der Waals surface area contributed by atoms with E-state index in [0.29, 0.717) is 22.5 Å². The Morgan fingerprint density at radius 2 is 1.74 bits per heavy atom. The number of ketones is 2. The molecular weight excluding hydrogens is 502 g/mol. The van der Waals surface area contributed by atoms with Gasteiger partial charge in [-0.2, -0.15) is 0 Å². The standard InChI is InChI=1S/C29H27N3O7/c1-32(2)19-11-14(6-3-13-4-7-17(30)8-5-13)24(34)22-18(19)10-15-9-16-12-20(33)23(28(31)38)27(37)29(16,39)26(36)21(15)25(22)35/h4-5,7-8,11,15-16,34-35,37,39H,9-10,12,30H2,1-2H3,(H2,31,38)/t15-,16+,29+/m1/s1. The van der Waals surface area contributed by atoms with Crippen LogP contribution in [-0.2, 0) is 20.8 Å². The minimum atomic E-state index is -2.61. The number of Topliss-reactive ketones (excluding diaryl/α,β-unsaturated/α-hetero) is 2. The molecule has 1 amide bonds. The molecule has 3 aliphatic rings. The molecule has 0 aliphatic heterocycles. The molecule has 3 aliphatic carbocycles. The quantitative estimate of drug-likeness (QED) is 0.190. The van der Waals surface area contributed by atoms with E-state index in [1.165, 1.54) is 0 Å². The van der Waals surface area contributed by atoms with Crippen LogP contribution in [0.2, 0.25) is 0 Å². The van der Waals surface area contributed by atoms with Gasteiger partial charge in [0.1, 0.15) is 22.8 Å². The van der Waals surface area contributed by atoms with Crippen LogP contribution in [-0.4, -0.2) is 57.6 Å². The summed E-state index contributed by atoms with van der Waals surface area (Å²) in [5, 5.41) is 44.8.